The molecule has 5 nitrogen and oxygen atoms in total. The molecule has 0 bridgehead atoms. The van der Waals surface area contributed by atoms with E-state index < -0.39 is 0 Å². The number of nitrogens with one attached hydrogen (secondary N) is 3. The molecule has 0 spiro atoms. The number of aromatic amines is 1. The third kappa shape index (κ3) is 4.04. The molecule has 1 fully saturated rings. The van der Waals surface area contributed by atoms with Gasteiger partial charge in [-0.05, 0) is 43.1 Å². The standard InChI is InChI=1S/C18H21N3O2.ClH/c1-12-11-19-10-9-15(12)20-17(22)14-7-8-16(21-18(14)23)13-5-3-2-4-6-13;/h2-8,12,15,19H,9-11H2,1H3,(H,20,22)(H,21,23);1H. The van der Waals surface area contributed by atoms with E-state index in [0.717, 1.165) is 25.1 Å². The summed E-state index contributed by atoms with van der Waals surface area (Å²) >= 11 is 0. The van der Waals surface area contributed by atoms with Crippen molar-refractivity contribution >= 4 is 18.3 Å². The van der Waals surface area contributed by atoms with E-state index in [4.69, 9.17) is 0 Å². The van der Waals surface area contributed by atoms with Gasteiger partial charge in [0.05, 0.1) is 0 Å². The van der Waals surface area contributed by atoms with E-state index in [2.05, 4.69) is 22.5 Å². The van der Waals surface area contributed by atoms with Crippen molar-refractivity contribution in [2.24, 2.45) is 5.92 Å². The molecule has 3 N–H and O–H groups in total. The van der Waals surface area contributed by atoms with Crippen LogP contribution < -0.4 is 16.2 Å². The van der Waals surface area contributed by atoms with Crippen LogP contribution in [0.15, 0.2) is 47.3 Å². The molecule has 128 valence electrons. The second-order valence-corrected chi connectivity index (χ2v) is 6.03. The Morgan fingerprint density at radius 2 is 1.92 bits per heavy atom. The first-order valence-electron chi connectivity index (χ1n) is 7.95. The molecule has 2 atom stereocenters. The van der Waals surface area contributed by atoms with E-state index in [1.54, 1.807) is 12.1 Å². The zero-order chi connectivity index (χ0) is 16.2. The average molecular weight is 348 g/mol. The summed E-state index contributed by atoms with van der Waals surface area (Å²) < 4.78 is 0. The first-order valence-corrected chi connectivity index (χ1v) is 7.95. The van der Waals surface area contributed by atoms with Crippen LogP contribution in [0.1, 0.15) is 23.7 Å². The Balaban J connectivity index is 0.00000208. The summed E-state index contributed by atoms with van der Waals surface area (Å²) in [4.78, 5) is 27.4. The van der Waals surface area contributed by atoms with Crippen molar-refractivity contribution in [3.05, 3.63) is 58.4 Å². The Labute approximate surface area is 147 Å². The Kier molecular flexibility index (Phi) is 6.17. The van der Waals surface area contributed by atoms with Crippen molar-refractivity contribution in [1.82, 2.24) is 15.6 Å². The van der Waals surface area contributed by atoms with Crippen LogP contribution in [0.2, 0.25) is 0 Å². The first-order chi connectivity index (χ1) is 11.1. The van der Waals surface area contributed by atoms with Crippen molar-refractivity contribution in [1.29, 1.82) is 0 Å². The fourth-order valence-electron chi connectivity index (χ4n) is 2.91. The number of hydrogen-bond acceptors (Lipinski definition) is 3. The highest BCUT2D eigenvalue weighted by molar-refractivity contribution is 5.94. The fourth-order valence-corrected chi connectivity index (χ4v) is 2.91. The van der Waals surface area contributed by atoms with Gasteiger partial charge in [-0.15, -0.1) is 12.4 Å². The summed E-state index contributed by atoms with van der Waals surface area (Å²) in [6, 6.07) is 13.1. The molecule has 1 aliphatic rings. The molecule has 2 aromatic rings. The summed E-state index contributed by atoms with van der Waals surface area (Å²) in [5.74, 6) is 0.0555. The molecular formula is C18H22ClN3O2. The van der Waals surface area contributed by atoms with Gasteiger partial charge in [0.2, 0.25) is 0 Å². The molecule has 1 saturated heterocycles. The number of halogens is 1. The molecule has 1 aliphatic heterocycles. The van der Waals surface area contributed by atoms with Gasteiger partial charge < -0.3 is 15.6 Å². The molecule has 1 amide bonds. The number of pyridine rings is 1. The second-order valence-electron chi connectivity index (χ2n) is 6.03. The van der Waals surface area contributed by atoms with Crippen LogP contribution >= 0.6 is 12.4 Å². The normalized spacial score (nSPS) is 20.0. The minimum atomic E-state index is -0.356. The van der Waals surface area contributed by atoms with Crippen LogP contribution in [-0.4, -0.2) is 30.0 Å². The number of amides is 1. The highest BCUT2D eigenvalue weighted by atomic mass is 35.5. The molecule has 2 unspecified atom stereocenters. The zero-order valence-corrected chi connectivity index (χ0v) is 14.4. The third-order valence-corrected chi connectivity index (χ3v) is 4.34. The van der Waals surface area contributed by atoms with Gasteiger partial charge in [0.1, 0.15) is 5.56 Å². The second kappa shape index (κ2) is 8.13. The summed E-state index contributed by atoms with van der Waals surface area (Å²) in [5, 5.41) is 6.28. The quantitative estimate of drug-likeness (QED) is 0.796. The SMILES string of the molecule is CC1CNCCC1NC(=O)c1ccc(-c2ccccc2)[nH]c1=O.Cl. The number of piperidine rings is 1. The van der Waals surface area contributed by atoms with Crippen LogP contribution in [0.3, 0.4) is 0 Å². The van der Waals surface area contributed by atoms with Gasteiger partial charge in [-0.25, -0.2) is 0 Å². The Bertz CT molecular complexity index is 745. The van der Waals surface area contributed by atoms with E-state index in [-0.39, 0.29) is 35.5 Å². The smallest absolute Gasteiger partial charge is 0.261 e. The lowest BCUT2D eigenvalue weighted by molar-refractivity contribution is 0.0912. The first kappa shape index (κ1) is 18.2. The molecular weight excluding hydrogens is 326 g/mol. The van der Waals surface area contributed by atoms with Gasteiger partial charge in [0.15, 0.2) is 0 Å². The minimum Gasteiger partial charge on any atom is -0.349 e. The Hall–Kier alpha value is -2.11. The number of carbonyl (C=O) groups is 1. The van der Waals surface area contributed by atoms with Crippen LogP contribution in [-0.2, 0) is 0 Å². The topological polar surface area (TPSA) is 74.0 Å². The average Bonchev–Trinajstić information content (AvgIpc) is 2.57. The highest BCUT2D eigenvalue weighted by Gasteiger charge is 2.24. The predicted octanol–water partition coefficient (Wildman–Crippen LogP) is 2.19. The lowest BCUT2D eigenvalue weighted by atomic mass is 9.95. The molecule has 2 heterocycles. The number of H-pyrrole nitrogens is 1. The number of carbonyl (C=O) groups excluding carboxylic acids is 1. The van der Waals surface area contributed by atoms with Crippen molar-refractivity contribution in [2.45, 2.75) is 19.4 Å². The maximum Gasteiger partial charge on any atom is 0.261 e. The Morgan fingerprint density at radius 3 is 2.58 bits per heavy atom. The maximum atomic E-state index is 12.4. The third-order valence-electron chi connectivity index (χ3n) is 4.34. The number of hydrogen-bond donors (Lipinski definition) is 3. The maximum absolute atomic E-state index is 12.4. The van der Waals surface area contributed by atoms with Crippen LogP contribution in [0.4, 0.5) is 0 Å². The largest absolute Gasteiger partial charge is 0.349 e. The van der Waals surface area contributed by atoms with E-state index in [9.17, 15) is 9.59 Å². The van der Waals surface area contributed by atoms with Crippen LogP contribution in [0.25, 0.3) is 11.3 Å². The van der Waals surface area contributed by atoms with Crippen molar-refractivity contribution in [3.8, 4) is 11.3 Å². The van der Waals surface area contributed by atoms with Crippen molar-refractivity contribution in [2.75, 3.05) is 13.1 Å². The van der Waals surface area contributed by atoms with Gasteiger partial charge in [-0.1, -0.05) is 37.3 Å². The number of rotatable bonds is 3. The van der Waals surface area contributed by atoms with Gasteiger partial charge in [-0.2, -0.15) is 0 Å². The minimum absolute atomic E-state index is 0. The summed E-state index contributed by atoms with van der Waals surface area (Å²) in [6.07, 6.45) is 0.882. The van der Waals surface area contributed by atoms with Gasteiger partial charge in [-0.3, -0.25) is 9.59 Å². The van der Waals surface area contributed by atoms with Crippen LogP contribution in [0, 0.1) is 5.92 Å². The van der Waals surface area contributed by atoms with Gasteiger partial charge >= 0.3 is 0 Å². The summed E-state index contributed by atoms with van der Waals surface area (Å²) in [6.45, 7) is 3.87. The molecule has 0 radical (unpaired) electrons. The highest BCUT2D eigenvalue weighted by Crippen LogP contribution is 2.15. The zero-order valence-electron chi connectivity index (χ0n) is 13.5. The van der Waals surface area contributed by atoms with E-state index in [1.807, 2.05) is 30.3 Å². The molecule has 0 aliphatic carbocycles. The Morgan fingerprint density at radius 1 is 1.17 bits per heavy atom. The lowest BCUT2D eigenvalue weighted by Crippen LogP contribution is -2.49. The molecule has 1 aromatic carbocycles. The predicted molar refractivity (Wildman–Crippen MR) is 97.7 cm³/mol. The number of benzene rings is 1. The monoisotopic (exact) mass is 347 g/mol. The molecule has 0 saturated carbocycles. The molecule has 3 rings (SSSR count). The van der Waals surface area contributed by atoms with Crippen molar-refractivity contribution in [3.63, 3.8) is 0 Å². The molecule has 24 heavy (non-hydrogen) atoms. The van der Waals surface area contributed by atoms with Crippen molar-refractivity contribution < 1.29 is 4.79 Å². The molecule has 1 aromatic heterocycles. The van der Waals surface area contributed by atoms with Gasteiger partial charge in [0.25, 0.3) is 11.5 Å². The lowest BCUT2D eigenvalue weighted by Gasteiger charge is -2.30. The summed E-state index contributed by atoms with van der Waals surface area (Å²) in [7, 11) is 0. The van der Waals surface area contributed by atoms with Gasteiger partial charge in [0, 0.05) is 11.7 Å². The van der Waals surface area contributed by atoms with E-state index in [0.29, 0.717) is 11.6 Å². The van der Waals surface area contributed by atoms with Crippen LogP contribution in [0.5, 0.6) is 0 Å². The fraction of sp³-hybridized carbons (Fsp3) is 0.333. The van der Waals surface area contributed by atoms with E-state index in [1.165, 1.54) is 0 Å². The number of aromatic nitrogens is 1. The van der Waals surface area contributed by atoms with E-state index >= 15 is 0 Å². The summed E-state index contributed by atoms with van der Waals surface area (Å²) in [5.41, 5.74) is 1.44. The molecule has 6 heteroatoms.